The van der Waals surface area contributed by atoms with Gasteiger partial charge in [0.05, 0.1) is 18.4 Å². The second-order valence-corrected chi connectivity index (χ2v) is 5.10. The summed E-state index contributed by atoms with van der Waals surface area (Å²) in [5.41, 5.74) is 7.83. The summed E-state index contributed by atoms with van der Waals surface area (Å²) in [6.45, 7) is 7.24. The second-order valence-electron chi connectivity index (χ2n) is 5.10. The first-order valence-electron chi connectivity index (χ1n) is 7.11. The minimum atomic E-state index is -0.330. The van der Waals surface area contributed by atoms with Crippen molar-refractivity contribution in [2.75, 3.05) is 50.5 Å². The number of carbonyl (C=O) groups excluding carboxylic acids is 1. The molecule has 0 atom stereocenters. The number of rotatable bonds is 4. The molecule has 20 heavy (non-hydrogen) atoms. The Morgan fingerprint density at radius 1 is 1.30 bits per heavy atom. The molecule has 0 spiro atoms. The van der Waals surface area contributed by atoms with E-state index in [4.69, 9.17) is 10.5 Å². The number of carbonyl (C=O) groups is 1. The molecule has 0 aliphatic carbocycles. The number of nitrogens with two attached hydrogens (primary N) is 1. The van der Waals surface area contributed by atoms with Gasteiger partial charge in [0, 0.05) is 31.9 Å². The van der Waals surface area contributed by atoms with Crippen molar-refractivity contribution in [3.05, 3.63) is 23.8 Å². The lowest BCUT2D eigenvalue weighted by molar-refractivity contribution is 0.0601. The molecular weight excluding hydrogens is 254 g/mol. The molecule has 110 valence electrons. The van der Waals surface area contributed by atoms with Gasteiger partial charge in [0.1, 0.15) is 0 Å². The highest BCUT2D eigenvalue weighted by Crippen LogP contribution is 2.25. The van der Waals surface area contributed by atoms with E-state index in [1.165, 1.54) is 13.5 Å². The summed E-state index contributed by atoms with van der Waals surface area (Å²) < 4.78 is 4.85. The summed E-state index contributed by atoms with van der Waals surface area (Å²) in [4.78, 5) is 16.6. The van der Waals surface area contributed by atoms with Crippen molar-refractivity contribution in [3.63, 3.8) is 0 Å². The van der Waals surface area contributed by atoms with Gasteiger partial charge in [-0.25, -0.2) is 4.79 Å². The average molecular weight is 277 g/mol. The number of methoxy groups -OCH3 is 1. The van der Waals surface area contributed by atoms with Crippen LogP contribution < -0.4 is 10.6 Å². The normalized spacial score (nSPS) is 16.2. The van der Waals surface area contributed by atoms with Crippen molar-refractivity contribution < 1.29 is 9.53 Å². The van der Waals surface area contributed by atoms with E-state index in [1.54, 1.807) is 6.07 Å². The van der Waals surface area contributed by atoms with Crippen LogP contribution in [0.5, 0.6) is 0 Å². The molecule has 0 aromatic heterocycles. The number of nitrogens with zero attached hydrogens (tertiary/aromatic N) is 2. The third-order valence-electron chi connectivity index (χ3n) is 3.68. The van der Waals surface area contributed by atoms with Gasteiger partial charge in [-0.15, -0.1) is 0 Å². The zero-order valence-corrected chi connectivity index (χ0v) is 12.3. The smallest absolute Gasteiger partial charge is 0.340 e. The zero-order chi connectivity index (χ0) is 14.5. The molecule has 0 amide bonds. The van der Waals surface area contributed by atoms with Crippen LogP contribution in [-0.2, 0) is 4.74 Å². The Balaban J connectivity index is 2.15. The van der Waals surface area contributed by atoms with Crippen LogP contribution in [0, 0.1) is 0 Å². The molecule has 5 heteroatoms. The Hall–Kier alpha value is -1.75. The fraction of sp³-hybridized carbons (Fsp3) is 0.533. The highest BCUT2D eigenvalue weighted by molar-refractivity contribution is 5.97. The summed E-state index contributed by atoms with van der Waals surface area (Å²) in [5, 5.41) is 0. The number of nitrogen functional groups attached to an aromatic ring is 1. The van der Waals surface area contributed by atoms with Crippen molar-refractivity contribution in [2.45, 2.75) is 13.3 Å². The molecule has 1 saturated heterocycles. The molecule has 1 heterocycles. The number of ether oxygens (including phenoxy) is 1. The quantitative estimate of drug-likeness (QED) is 0.669. The number of esters is 1. The molecule has 5 nitrogen and oxygen atoms in total. The fourth-order valence-corrected chi connectivity index (χ4v) is 2.63. The van der Waals surface area contributed by atoms with Crippen molar-refractivity contribution in [1.29, 1.82) is 0 Å². The van der Waals surface area contributed by atoms with E-state index < -0.39 is 0 Å². The third kappa shape index (κ3) is 3.22. The molecule has 0 saturated carbocycles. The number of benzene rings is 1. The van der Waals surface area contributed by atoms with Crippen LogP contribution in [0.15, 0.2) is 18.2 Å². The third-order valence-corrected chi connectivity index (χ3v) is 3.68. The van der Waals surface area contributed by atoms with Crippen LogP contribution in [0.1, 0.15) is 23.7 Å². The first-order chi connectivity index (χ1) is 9.65. The summed E-state index contributed by atoms with van der Waals surface area (Å²) in [6.07, 6.45) is 1.18. The van der Waals surface area contributed by atoms with Gasteiger partial charge in [0.2, 0.25) is 0 Å². The van der Waals surface area contributed by atoms with Crippen LogP contribution in [-0.4, -0.2) is 50.7 Å². The van der Waals surface area contributed by atoms with Crippen LogP contribution in [0.3, 0.4) is 0 Å². The molecule has 1 aliphatic rings. The van der Waals surface area contributed by atoms with Crippen molar-refractivity contribution in [2.24, 2.45) is 0 Å². The Morgan fingerprint density at radius 2 is 2.00 bits per heavy atom. The summed E-state index contributed by atoms with van der Waals surface area (Å²) in [7, 11) is 1.40. The maximum absolute atomic E-state index is 11.9. The van der Waals surface area contributed by atoms with Crippen molar-refractivity contribution >= 4 is 17.3 Å². The van der Waals surface area contributed by atoms with Gasteiger partial charge in [0.15, 0.2) is 0 Å². The largest absolute Gasteiger partial charge is 0.465 e. The molecule has 1 aliphatic heterocycles. The highest BCUT2D eigenvalue weighted by atomic mass is 16.5. The van der Waals surface area contributed by atoms with Crippen LogP contribution in [0.25, 0.3) is 0 Å². The topological polar surface area (TPSA) is 58.8 Å². The van der Waals surface area contributed by atoms with Gasteiger partial charge in [-0.1, -0.05) is 6.92 Å². The van der Waals surface area contributed by atoms with E-state index >= 15 is 0 Å². The van der Waals surface area contributed by atoms with Crippen LogP contribution >= 0.6 is 0 Å². The number of hydrogen-bond acceptors (Lipinski definition) is 5. The van der Waals surface area contributed by atoms with E-state index in [9.17, 15) is 4.79 Å². The van der Waals surface area contributed by atoms with E-state index in [-0.39, 0.29) is 5.97 Å². The lowest BCUT2D eigenvalue weighted by Gasteiger charge is -2.36. The Kier molecular flexibility index (Phi) is 4.84. The Morgan fingerprint density at radius 3 is 2.60 bits per heavy atom. The molecule has 0 unspecified atom stereocenters. The number of hydrogen-bond donors (Lipinski definition) is 1. The van der Waals surface area contributed by atoms with Gasteiger partial charge in [-0.2, -0.15) is 0 Å². The number of anilines is 2. The molecule has 2 rings (SSSR count). The Bertz CT molecular complexity index is 468. The molecule has 0 bridgehead atoms. The molecule has 2 N–H and O–H groups in total. The van der Waals surface area contributed by atoms with E-state index in [0.717, 1.165) is 38.4 Å². The average Bonchev–Trinajstić information content (AvgIpc) is 2.47. The van der Waals surface area contributed by atoms with Crippen molar-refractivity contribution in [1.82, 2.24) is 4.90 Å². The number of piperazine rings is 1. The predicted molar refractivity (Wildman–Crippen MR) is 81.1 cm³/mol. The van der Waals surface area contributed by atoms with E-state index in [1.807, 2.05) is 12.1 Å². The lowest BCUT2D eigenvalue weighted by Crippen LogP contribution is -2.47. The van der Waals surface area contributed by atoms with Crippen molar-refractivity contribution in [3.8, 4) is 0 Å². The predicted octanol–water partition coefficient (Wildman–Crippen LogP) is 1.59. The van der Waals surface area contributed by atoms with E-state index in [0.29, 0.717) is 11.3 Å². The van der Waals surface area contributed by atoms with Gasteiger partial charge in [0.25, 0.3) is 0 Å². The summed E-state index contributed by atoms with van der Waals surface area (Å²) in [6, 6.07) is 5.44. The first kappa shape index (κ1) is 14.7. The minimum absolute atomic E-state index is 0.330. The van der Waals surface area contributed by atoms with Gasteiger partial charge < -0.3 is 15.4 Å². The summed E-state index contributed by atoms with van der Waals surface area (Å²) >= 11 is 0. The summed E-state index contributed by atoms with van der Waals surface area (Å²) in [5.74, 6) is -0.330. The van der Waals surface area contributed by atoms with Crippen LogP contribution in [0.4, 0.5) is 11.4 Å². The highest BCUT2D eigenvalue weighted by Gasteiger charge is 2.21. The van der Waals surface area contributed by atoms with Gasteiger partial charge in [-0.05, 0) is 31.2 Å². The van der Waals surface area contributed by atoms with Gasteiger partial charge in [-0.3, -0.25) is 4.90 Å². The molecule has 1 aromatic rings. The fourth-order valence-electron chi connectivity index (χ4n) is 2.63. The molecule has 0 radical (unpaired) electrons. The maximum Gasteiger partial charge on any atom is 0.340 e. The Labute approximate surface area is 120 Å². The SMILES string of the molecule is CCCN1CCN(c2ccc(N)cc2C(=O)OC)CC1. The first-order valence-corrected chi connectivity index (χ1v) is 7.11. The second kappa shape index (κ2) is 6.61. The van der Waals surface area contributed by atoms with Gasteiger partial charge >= 0.3 is 5.97 Å². The molecule has 1 aromatic carbocycles. The maximum atomic E-state index is 11.9. The molecular formula is C15H23N3O2. The standard InChI is InChI=1S/C15H23N3O2/c1-3-6-17-7-9-18(10-8-17)14-5-4-12(16)11-13(14)15(19)20-2/h4-5,11H,3,6-10,16H2,1-2H3. The molecule has 1 fully saturated rings. The minimum Gasteiger partial charge on any atom is -0.465 e. The monoisotopic (exact) mass is 277 g/mol. The van der Waals surface area contributed by atoms with Crippen LogP contribution in [0.2, 0.25) is 0 Å². The lowest BCUT2D eigenvalue weighted by atomic mass is 10.1. The zero-order valence-electron chi connectivity index (χ0n) is 12.3. The van der Waals surface area contributed by atoms with E-state index in [2.05, 4.69) is 16.7 Å².